The number of hydrogen-bond donors (Lipinski definition) is 0. The van der Waals surface area contributed by atoms with Gasteiger partial charge in [-0.3, -0.25) is 9.59 Å². The lowest BCUT2D eigenvalue weighted by molar-refractivity contribution is -0.0585. The summed E-state index contributed by atoms with van der Waals surface area (Å²) in [5, 5.41) is 2.15. The Bertz CT molecular complexity index is 1100. The second-order valence-electron chi connectivity index (χ2n) is 5.75. The average molecular weight is 554 g/mol. The maximum absolute atomic E-state index is 12.6. The van der Waals surface area contributed by atoms with Crippen LogP contribution in [0.2, 0.25) is 0 Å². The minimum absolute atomic E-state index is 0.158. The quantitative estimate of drug-likeness (QED) is 0.311. The summed E-state index contributed by atoms with van der Waals surface area (Å²) in [5.41, 5.74) is 0.573. The van der Waals surface area contributed by atoms with Crippen molar-refractivity contribution in [2.75, 3.05) is 0 Å². The first-order valence-electron chi connectivity index (χ1n) is 7.66. The van der Waals surface area contributed by atoms with Crippen LogP contribution in [0.15, 0.2) is 61.9 Å². The molecule has 27 heavy (non-hydrogen) atoms. The molecule has 0 aliphatic carbocycles. The van der Waals surface area contributed by atoms with Crippen molar-refractivity contribution < 1.29 is 19.2 Å². The summed E-state index contributed by atoms with van der Waals surface area (Å²) in [5.74, 6) is -2.18. The van der Waals surface area contributed by atoms with Gasteiger partial charge in [-0.05, 0) is 82.8 Å². The molecule has 0 spiro atoms. The van der Waals surface area contributed by atoms with Crippen molar-refractivity contribution in [3.05, 3.63) is 78.6 Å². The summed E-state index contributed by atoms with van der Waals surface area (Å²) in [6.07, 6.45) is 0. The van der Waals surface area contributed by atoms with Crippen LogP contribution in [0.3, 0.4) is 0 Å². The number of rotatable bonds is 2. The van der Waals surface area contributed by atoms with Crippen molar-refractivity contribution in [2.45, 2.75) is 0 Å². The van der Waals surface area contributed by atoms with E-state index in [2.05, 4.69) is 47.8 Å². The number of benzene rings is 3. The molecule has 0 saturated carbocycles. The molecule has 3 aromatic rings. The molecule has 2 amide bonds. The third kappa shape index (κ3) is 3.01. The van der Waals surface area contributed by atoms with Crippen LogP contribution < -0.4 is 0 Å². The lowest BCUT2D eigenvalue weighted by atomic mass is 10.0. The first kappa shape index (κ1) is 18.3. The van der Waals surface area contributed by atoms with Gasteiger partial charge in [-0.2, -0.15) is 0 Å². The molecule has 1 heterocycles. The van der Waals surface area contributed by atoms with E-state index in [4.69, 9.17) is 4.84 Å². The standard InChI is InChI=1S/C19H8Br3NO4/c20-13-5-6-14(21)16(22)15(13)19(26)27-23-17(24)11-7-9-3-1-2-4-10(9)8-12(11)18(23)25/h1-8H. The Morgan fingerprint density at radius 1 is 0.815 bits per heavy atom. The number of nitrogens with zero attached hydrogens (tertiary/aromatic N) is 1. The second-order valence-corrected chi connectivity index (χ2v) is 8.25. The normalized spacial score (nSPS) is 13.2. The first-order valence-corrected chi connectivity index (χ1v) is 10.0. The molecular weight excluding hydrogens is 546 g/mol. The third-order valence-electron chi connectivity index (χ3n) is 4.14. The van der Waals surface area contributed by atoms with E-state index >= 15 is 0 Å². The average Bonchev–Trinajstić information content (AvgIpc) is 2.88. The molecule has 0 saturated heterocycles. The van der Waals surface area contributed by atoms with E-state index in [1.54, 1.807) is 24.3 Å². The van der Waals surface area contributed by atoms with Gasteiger partial charge in [0, 0.05) is 13.4 Å². The van der Waals surface area contributed by atoms with Crippen molar-refractivity contribution in [3.63, 3.8) is 0 Å². The molecule has 0 unspecified atom stereocenters. The van der Waals surface area contributed by atoms with E-state index in [9.17, 15) is 14.4 Å². The number of imide groups is 1. The maximum Gasteiger partial charge on any atom is 0.366 e. The molecule has 0 bridgehead atoms. The van der Waals surface area contributed by atoms with Crippen molar-refractivity contribution in [2.24, 2.45) is 0 Å². The van der Waals surface area contributed by atoms with Gasteiger partial charge < -0.3 is 4.84 Å². The highest BCUT2D eigenvalue weighted by molar-refractivity contribution is 9.13. The zero-order valence-electron chi connectivity index (χ0n) is 13.3. The van der Waals surface area contributed by atoms with E-state index in [1.807, 2.05) is 24.3 Å². The predicted octanol–water partition coefficient (Wildman–Crippen LogP) is 5.50. The fraction of sp³-hybridized carbons (Fsp3) is 0. The zero-order chi connectivity index (χ0) is 19.3. The molecule has 1 aliphatic rings. The second kappa shape index (κ2) is 6.85. The topological polar surface area (TPSA) is 63.7 Å². The molecule has 0 fully saturated rings. The summed E-state index contributed by atoms with van der Waals surface area (Å²) in [4.78, 5) is 43.1. The highest BCUT2D eigenvalue weighted by Gasteiger charge is 2.40. The molecular formula is C19H8Br3NO4. The van der Waals surface area contributed by atoms with Crippen LogP contribution in [-0.4, -0.2) is 22.8 Å². The van der Waals surface area contributed by atoms with Gasteiger partial charge in [-0.15, -0.1) is 0 Å². The number of carbonyl (C=O) groups is 3. The Labute approximate surface area is 178 Å². The van der Waals surface area contributed by atoms with E-state index < -0.39 is 17.8 Å². The van der Waals surface area contributed by atoms with Crippen molar-refractivity contribution in [1.82, 2.24) is 5.06 Å². The summed E-state index contributed by atoms with van der Waals surface area (Å²) in [6, 6.07) is 14.0. The fourth-order valence-electron chi connectivity index (χ4n) is 2.83. The zero-order valence-corrected chi connectivity index (χ0v) is 18.1. The minimum Gasteiger partial charge on any atom is -0.324 e. The van der Waals surface area contributed by atoms with Gasteiger partial charge in [0.15, 0.2) is 0 Å². The summed E-state index contributed by atoms with van der Waals surface area (Å²) in [7, 11) is 0. The van der Waals surface area contributed by atoms with Gasteiger partial charge >= 0.3 is 5.97 Å². The third-order valence-corrected chi connectivity index (χ3v) is 6.82. The SMILES string of the molecule is O=C(ON1C(=O)c2cc3ccccc3cc2C1=O)c1c(Br)ccc(Br)c1Br. The Hall–Kier alpha value is -2.03. The summed E-state index contributed by atoms with van der Waals surface area (Å²) in [6.45, 7) is 0. The number of fused-ring (bicyclic) bond motifs is 2. The lowest BCUT2D eigenvalue weighted by Gasteiger charge is -2.14. The Kier molecular flexibility index (Phi) is 4.65. The molecule has 8 heteroatoms. The Balaban J connectivity index is 1.71. The predicted molar refractivity (Wildman–Crippen MR) is 109 cm³/mol. The number of hydrogen-bond acceptors (Lipinski definition) is 4. The molecule has 3 aromatic carbocycles. The molecule has 0 aromatic heterocycles. The number of hydroxylamine groups is 2. The molecule has 5 nitrogen and oxygen atoms in total. The molecule has 1 aliphatic heterocycles. The van der Waals surface area contributed by atoms with E-state index in [0.29, 0.717) is 18.5 Å². The van der Waals surface area contributed by atoms with Crippen LogP contribution in [-0.2, 0) is 4.84 Å². The highest BCUT2D eigenvalue weighted by Crippen LogP contribution is 2.34. The van der Waals surface area contributed by atoms with Gasteiger partial charge in [-0.25, -0.2) is 4.79 Å². The molecule has 0 N–H and O–H groups in total. The number of carbonyl (C=O) groups excluding carboxylic acids is 3. The molecule has 134 valence electrons. The van der Waals surface area contributed by atoms with Gasteiger partial charge in [0.1, 0.15) is 0 Å². The van der Waals surface area contributed by atoms with Crippen LogP contribution in [0.4, 0.5) is 0 Å². The number of halogens is 3. The van der Waals surface area contributed by atoms with Crippen molar-refractivity contribution >= 4 is 76.3 Å². The van der Waals surface area contributed by atoms with Crippen LogP contribution >= 0.6 is 47.8 Å². The molecule has 4 rings (SSSR count). The fourth-order valence-corrected chi connectivity index (χ4v) is 4.43. The Morgan fingerprint density at radius 3 is 1.89 bits per heavy atom. The summed E-state index contributed by atoms with van der Waals surface area (Å²) < 4.78 is 1.54. The van der Waals surface area contributed by atoms with Gasteiger partial charge in [0.2, 0.25) is 0 Å². The van der Waals surface area contributed by atoms with Crippen molar-refractivity contribution in [3.8, 4) is 0 Å². The van der Waals surface area contributed by atoms with Crippen molar-refractivity contribution in [1.29, 1.82) is 0 Å². The first-order chi connectivity index (χ1) is 12.9. The monoisotopic (exact) mass is 551 g/mol. The van der Waals surface area contributed by atoms with Gasteiger partial charge in [-0.1, -0.05) is 29.3 Å². The Morgan fingerprint density at radius 2 is 1.33 bits per heavy atom. The van der Waals surface area contributed by atoms with Crippen LogP contribution in [0.5, 0.6) is 0 Å². The van der Waals surface area contributed by atoms with Crippen LogP contribution in [0.25, 0.3) is 10.8 Å². The molecule has 0 radical (unpaired) electrons. The highest BCUT2D eigenvalue weighted by atomic mass is 79.9. The molecule has 0 atom stereocenters. The summed E-state index contributed by atoms with van der Waals surface area (Å²) >= 11 is 9.89. The minimum atomic E-state index is -0.839. The van der Waals surface area contributed by atoms with Crippen LogP contribution in [0.1, 0.15) is 31.1 Å². The largest absolute Gasteiger partial charge is 0.366 e. The lowest BCUT2D eigenvalue weighted by Crippen LogP contribution is -2.32. The van der Waals surface area contributed by atoms with E-state index in [1.165, 1.54) is 0 Å². The number of amides is 2. The van der Waals surface area contributed by atoms with E-state index in [0.717, 1.165) is 10.8 Å². The van der Waals surface area contributed by atoms with Crippen LogP contribution in [0, 0.1) is 0 Å². The van der Waals surface area contributed by atoms with Gasteiger partial charge in [0.05, 0.1) is 16.7 Å². The van der Waals surface area contributed by atoms with E-state index in [-0.39, 0.29) is 16.7 Å². The van der Waals surface area contributed by atoms with Gasteiger partial charge in [0.25, 0.3) is 11.8 Å². The smallest absolute Gasteiger partial charge is 0.324 e. The maximum atomic E-state index is 12.6.